The van der Waals surface area contributed by atoms with Gasteiger partial charge in [0.05, 0.1) is 12.5 Å². The highest BCUT2D eigenvalue weighted by Crippen LogP contribution is 2.31. The highest BCUT2D eigenvalue weighted by molar-refractivity contribution is 5.34. The van der Waals surface area contributed by atoms with E-state index in [-0.39, 0.29) is 0 Å². The van der Waals surface area contributed by atoms with Gasteiger partial charge in [0.1, 0.15) is 0 Å². The van der Waals surface area contributed by atoms with Gasteiger partial charge in [-0.15, -0.1) is 0 Å². The van der Waals surface area contributed by atoms with Gasteiger partial charge >= 0.3 is 6.18 Å². The Bertz CT molecular complexity index is 371. The minimum Gasteiger partial charge on any atom is -0.388 e. The van der Waals surface area contributed by atoms with E-state index in [4.69, 9.17) is 0 Å². The molecule has 1 aromatic rings. The molecule has 0 amide bonds. The zero-order chi connectivity index (χ0) is 13.1. The summed E-state index contributed by atoms with van der Waals surface area (Å²) in [5, 5.41) is 9.67. The Labute approximate surface area is 99.3 Å². The number of hydrogen-bond acceptors (Lipinski definition) is 1. The van der Waals surface area contributed by atoms with E-state index in [0.717, 1.165) is 17.5 Å². The maximum atomic E-state index is 12.2. The maximum Gasteiger partial charge on any atom is 0.391 e. The summed E-state index contributed by atoms with van der Waals surface area (Å²) >= 11 is 0. The Balaban J connectivity index is 3.01. The average Bonchev–Trinajstić information content (AvgIpc) is 2.25. The number of aliphatic hydroxyl groups excluding tert-OH is 1. The minimum atomic E-state index is -4.34. The van der Waals surface area contributed by atoms with Crippen LogP contribution in [-0.4, -0.2) is 11.3 Å². The molecule has 0 aliphatic carbocycles. The van der Waals surface area contributed by atoms with E-state index in [1.54, 1.807) is 12.1 Å². The van der Waals surface area contributed by atoms with Gasteiger partial charge in [0.2, 0.25) is 0 Å². The van der Waals surface area contributed by atoms with Crippen LogP contribution in [0.2, 0.25) is 0 Å². The zero-order valence-corrected chi connectivity index (χ0v) is 10.0. The summed E-state index contributed by atoms with van der Waals surface area (Å²) in [7, 11) is 0. The molecule has 0 bridgehead atoms. The van der Waals surface area contributed by atoms with Crippen LogP contribution in [0.15, 0.2) is 18.2 Å². The van der Waals surface area contributed by atoms with Crippen LogP contribution in [0.4, 0.5) is 13.2 Å². The van der Waals surface area contributed by atoms with Gasteiger partial charge in [-0.3, -0.25) is 0 Å². The molecule has 0 spiro atoms. The van der Waals surface area contributed by atoms with Crippen LogP contribution in [0.1, 0.15) is 43.1 Å². The van der Waals surface area contributed by atoms with Crippen molar-refractivity contribution in [1.82, 2.24) is 0 Å². The molecule has 1 nitrogen and oxygen atoms in total. The summed E-state index contributed by atoms with van der Waals surface area (Å²) in [6.07, 6.45) is -5.62. The third kappa shape index (κ3) is 4.04. The molecule has 1 aromatic carbocycles. The first kappa shape index (κ1) is 14.0. The van der Waals surface area contributed by atoms with Gasteiger partial charge < -0.3 is 5.11 Å². The molecule has 0 heterocycles. The molecule has 0 aliphatic heterocycles. The van der Waals surface area contributed by atoms with Gasteiger partial charge in [0.25, 0.3) is 0 Å². The summed E-state index contributed by atoms with van der Waals surface area (Å²) in [6.45, 7) is 3.80. The smallest absolute Gasteiger partial charge is 0.388 e. The van der Waals surface area contributed by atoms with E-state index in [9.17, 15) is 18.3 Å². The fourth-order valence-corrected chi connectivity index (χ4v) is 1.83. The molecule has 0 saturated carbocycles. The van der Waals surface area contributed by atoms with Crippen molar-refractivity contribution >= 4 is 0 Å². The lowest BCUT2D eigenvalue weighted by Gasteiger charge is -2.17. The van der Waals surface area contributed by atoms with Gasteiger partial charge in [0, 0.05) is 0 Å². The number of benzene rings is 1. The number of aryl methyl sites for hydroxylation is 2. The van der Waals surface area contributed by atoms with E-state index in [1.165, 1.54) is 0 Å². The Hall–Kier alpha value is -1.03. The van der Waals surface area contributed by atoms with Crippen LogP contribution in [0, 0.1) is 0 Å². The van der Waals surface area contributed by atoms with Crippen molar-refractivity contribution in [3.05, 3.63) is 34.9 Å². The SMILES string of the molecule is CCc1ccc(CC)c(C(O)CC(F)(F)F)c1. The molecule has 1 N–H and O–H groups in total. The summed E-state index contributed by atoms with van der Waals surface area (Å²) in [4.78, 5) is 0. The van der Waals surface area contributed by atoms with E-state index in [2.05, 4.69) is 0 Å². The lowest BCUT2D eigenvalue weighted by Crippen LogP contribution is -2.15. The highest BCUT2D eigenvalue weighted by Gasteiger charge is 2.32. The fourth-order valence-electron chi connectivity index (χ4n) is 1.83. The molecule has 1 unspecified atom stereocenters. The van der Waals surface area contributed by atoms with E-state index >= 15 is 0 Å². The minimum absolute atomic E-state index is 0.407. The summed E-state index contributed by atoms with van der Waals surface area (Å²) in [5.41, 5.74) is 2.13. The first-order chi connectivity index (χ1) is 7.87. The van der Waals surface area contributed by atoms with Crippen LogP contribution in [0.5, 0.6) is 0 Å². The molecular weight excluding hydrogens is 229 g/mol. The van der Waals surface area contributed by atoms with Gasteiger partial charge in [0.15, 0.2) is 0 Å². The van der Waals surface area contributed by atoms with Crippen LogP contribution in [0.25, 0.3) is 0 Å². The van der Waals surface area contributed by atoms with Gasteiger partial charge in [-0.05, 0) is 29.5 Å². The number of halogens is 3. The second-order valence-electron chi connectivity index (χ2n) is 4.08. The largest absolute Gasteiger partial charge is 0.391 e. The monoisotopic (exact) mass is 246 g/mol. The molecule has 0 radical (unpaired) electrons. The number of alkyl halides is 3. The Kier molecular flexibility index (Phi) is 4.57. The van der Waals surface area contributed by atoms with Crippen LogP contribution < -0.4 is 0 Å². The fraction of sp³-hybridized carbons (Fsp3) is 0.538. The third-order valence-electron chi connectivity index (χ3n) is 2.78. The topological polar surface area (TPSA) is 20.2 Å². The standard InChI is InChI=1S/C13H17F3O/c1-3-9-5-6-10(4-2)11(7-9)12(17)8-13(14,15)16/h5-7,12,17H,3-4,8H2,1-2H3. The first-order valence-corrected chi connectivity index (χ1v) is 5.73. The lowest BCUT2D eigenvalue weighted by molar-refractivity contribution is -0.154. The third-order valence-corrected chi connectivity index (χ3v) is 2.78. The van der Waals surface area contributed by atoms with Crippen molar-refractivity contribution in [3.63, 3.8) is 0 Å². The number of rotatable bonds is 4. The van der Waals surface area contributed by atoms with Crippen LogP contribution in [-0.2, 0) is 12.8 Å². The molecule has 0 saturated heterocycles. The zero-order valence-electron chi connectivity index (χ0n) is 10.0. The van der Waals surface area contributed by atoms with Gasteiger partial charge in [-0.2, -0.15) is 13.2 Å². The second kappa shape index (κ2) is 5.54. The van der Waals surface area contributed by atoms with Gasteiger partial charge in [-0.25, -0.2) is 0 Å². The lowest BCUT2D eigenvalue weighted by atomic mass is 9.95. The summed E-state index contributed by atoms with van der Waals surface area (Å²) < 4.78 is 36.7. The van der Waals surface area contributed by atoms with Crippen molar-refractivity contribution in [2.45, 2.75) is 45.4 Å². The highest BCUT2D eigenvalue weighted by atomic mass is 19.4. The molecule has 0 aliphatic rings. The molecule has 96 valence electrons. The summed E-state index contributed by atoms with van der Waals surface area (Å²) in [6, 6.07) is 5.37. The Morgan fingerprint density at radius 3 is 2.29 bits per heavy atom. The molecule has 0 aromatic heterocycles. The molecule has 1 atom stereocenters. The molecule has 17 heavy (non-hydrogen) atoms. The van der Waals surface area contributed by atoms with Crippen molar-refractivity contribution in [2.75, 3.05) is 0 Å². The molecule has 0 fully saturated rings. The predicted octanol–water partition coefficient (Wildman–Crippen LogP) is 3.80. The molecule has 1 rings (SSSR count). The van der Waals surface area contributed by atoms with Crippen LogP contribution in [0.3, 0.4) is 0 Å². The molecular formula is C13H17F3O. The van der Waals surface area contributed by atoms with E-state index in [0.29, 0.717) is 12.0 Å². The molecule has 4 heteroatoms. The number of aliphatic hydroxyl groups is 1. The van der Waals surface area contributed by atoms with E-state index < -0.39 is 18.7 Å². The normalized spacial score (nSPS) is 13.8. The Morgan fingerprint density at radius 1 is 1.18 bits per heavy atom. The number of hydrogen-bond donors (Lipinski definition) is 1. The predicted molar refractivity (Wildman–Crippen MR) is 60.8 cm³/mol. The average molecular weight is 246 g/mol. The maximum absolute atomic E-state index is 12.2. The first-order valence-electron chi connectivity index (χ1n) is 5.73. The van der Waals surface area contributed by atoms with Crippen molar-refractivity contribution < 1.29 is 18.3 Å². The van der Waals surface area contributed by atoms with Crippen LogP contribution >= 0.6 is 0 Å². The van der Waals surface area contributed by atoms with Crippen molar-refractivity contribution in [1.29, 1.82) is 0 Å². The second-order valence-corrected chi connectivity index (χ2v) is 4.08. The summed E-state index contributed by atoms with van der Waals surface area (Å²) in [5.74, 6) is 0. The van der Waals surface area contributed by atoms with E-state index in [1.807, 2.05) is 19.9 Å². The Morgan fingerprint density at radius 2 is 1.82 bits per heavy atom. The van der Waals surface area contributed by atoms with Crippen molar-refractivity contribution in [2.24, 2.45) is 0 Å². The van der Waals surface area contributed by atoms with Crippen molar-refractivity contribution in [3.8, 4) is 0 Å². The quantitative estimate of drug-likeness (QED) is 0.856. The van der Waals surface area contributed by atoms with Gasteiger partial charge in [-0.1, -0.05) is 32.0 Å².